The summed E-state index contributed by atoms with van der Waals surface area (Å²) in [4.78, 5) is 2.14. The molecular formula is C11H25NO. The van der Waals surface area contributed by atoms with Crippen LogP contribution in [0.1, 0.15) is 52.4 Å². The highest BCUT2D eigenvalue weighted by atomic mass is 16.3. The molecule has 80 valence electrons. The van der Waals surface area contributed by atoms with Crippen molar-refractivity contribution < 1.29 is 5.11 Å². The highest BCUT2D eigenvalue weighted by Crippen LogP contribution is 2.01. The number of unbranched alkanes of at least 4 members (excludes halogenated alkanes) is 4. The average Bonchev–Trinajstić information content (AvgIpc) is 2.16. The summed E-state index contributed by atoms with van der Waals surface area (Å²) >= 11 is 0. The summed E-state index contributed by atoms with van der Waals surface area (Å²) in [5.74, 6) is 0. The Morgan fingerprint density at radius 2 is 1.31 bits per heavy atom. The maximum absolute atomic E-state index is 9.05. The largest absolute Gasteiger partial charge is 0.381 e. The molecule has 0 saturated heterocycles. The van der Waals surface area contributed by atoms with Gasteiger partial charge in [0.1, 0.15) is 0 Å². The van der Waals surface area contributed by atoms with E-state index >= 15 is 0 Å². The van der Waals surface area contributed by atoms with Gasteiger partial charge in [-0.3, -0.25) is 4.90 Å². The van der Waals surface area contributed by atoms with E-state index in [1.807, 2.05) is 0 Å². The van der Waals surface area contributed by atoms with Crippen molar-refractivity contribution in [3.8, 4) is 0 Å². The molecule has 0 amide bonds. The van der Waals surface area contributed by atoms with E-state index < -0.39 is 0 Å². The minimum absolute atomic E-state index is 0.230. The molecule has 0 rings (SSSR count). The van der Waals surface area contributed by atoms with Gasteiger partial charge in [0.15, 0.2) is 0 Å². The van der Waals surface area contributed by atoms with Crippen LogP contribution in [0, 0.1) is 0 Å². The lowest BCUT2D eigenvalue weighted by Gasteiger charge is -2.18. The van der Waals surface area contributed by atoms with E-state index in [2.05, 4.69) is 18.7 Å². The van der Waals surface area contributed by atoms with Gasteiger partial charge in [-0.1, -0.05) is 39.5 Å². The van der Waals surface area contributed by atoms with E-state index in [-0.39, 0.29) is 6.73 Å². The van der Waals surface area contributed by atoms with Crippen molar-refractivity contribution in [3.05, 3.63) is 0 Å². The van der Waals surface area contributed by atoms with Gasteiger partial charge in [-0.25, -0.2) is 0 Å². The van der Waals surface area contributed by atoms with Crippen LogP contribution in [0.5, 0.6) is 0 Å². The quantitative estimate of drug-likeness (QED) is 0.443. The second kappa shape index (κ2) is 10.0. The molecule has 2 heteroatoms. The van der Waals surface area contributed by atoms with E-state index in [4.69, 9.17) is 5.11 Å². The molecule has 0 unspecified atom stereocenters. The molecule has 0 aromatic carbocycles. The Kier molecular flexibility index (Phi) is 9.94. The highest BCUT2D eigenvalue weighted by molar-refractivity contribution is 4.53. The molecule has 0 saturated carbocycles. The van der Waals surface area contributed by atoms with Crippen molar-refractivity contribution in [2.75, 3.05) is 19.8 Å². The van der Waals surface area contributed by atoms with Gasteiger partial charge in [0.25, 0.3) is 0 Å². The monoisotopic (exact) mass is 187 g/mol. The van der Waals surface area contributed by atoms with E-state index in [1.54, 1.807) is 0 Å². The molecular weight excluding hydrogens is 162 g/mol. The second-order valence-electron chi connectivity index (χ2n) is 3.67. The number of aliphatic hydroxyl groups is 1. The summed E-state index contributed by atoms with van der Waals surface area (Å²) < 4.78 is 0. The lowest BCUT2D eigenvalue weighted by molar-refractivity contribution is 0.103. The molecule has 0 heterocycles. The van der Waals surface area contributed by atoms with Gasteiger partial charge in [-0.2, -0.15) is 0 Å². The third kappa shape index (κ3) is 8.26. The van der Waals surface area contributed by atoms with E-state index in [0.717, 1.165) is 13.1 Å². The number of rotatable bonds is 9. The minimum atomic E-state index is 0.230. The molecule has 0 radical (unpaired) electrons. The summed E-state index contributed by atoms with van der Waals surface area (Å²) in [5, 5.41) is 9.05. The van der Waals surface area contributed by atoms with Gasteiger partial charge in [0.2, 0.25) is 0 Å². The van der Waals surface area contributed by atoms with Crippen LogP contribution in [0.4, 0.5) is 0 Å². The molecule has 0 fully saturated rings. The van der Waals surface area contributed by atoms with Crippen molar-refractivity contribution in [3.63, 3.8) is 0 Å². The predicted molar refractivity (Wildman–Crippen MR) is 57.7 cm³/mol. The van der Waals surface area contributed by atoms with Gasteiger partial charge >= 0.3 is 0 Å². The van der Waals surface area contributed by atoms with Crippen LogP contribution in [-0.4, -0.2) is 29.8 Å². The lowest BCUT2D eigenvalue weighted by atomic mass is 10.2. The van der Waals surface area contributed by atoms with Crippen LogP contribution >= 0.6 is 0 Å². The molecule has 0 spiro atoms. The molecule has 2 nitrogen and oxygen atoms in total. The Balaban J connectivity index is 3.28. The van der Waals surface area contributed by atoms with Crippen molar-refractivity contribution in [1.82, 2.24) is 4.90 Å². The average molecular weight is 187 g/mol. The van der Waals surface area contributed by atoms with E-state index in [9.17, 15) is 0 Å². The van der Waals surface area contributed by atoms with E-state index in [0.29, 0.717) is 0 Å². The Morgan fingerprint density at radius 3 is 1.62 bits per heavy atom. The van der Waals surface area contributed by atoms with E-state index in [1.165, 1.54) is 38.5 Å². The topological polar surface area (TPSA) is 23.5 Å². The van der Waals surface area contributed by atoms with Gasteiger partial charge < -0.3 is 5.11 Å². The number of hydrogen-bond donors (Lipinski definition) is 1. The normalized spacial score (nSPS) is 11.1. The fourth-order valence-corrected chi connectivity index (χ4v) is 1.42. The number of hydrogen-bond acceptors (Lipinski definition) is 2. The number of nitrogens with zero attached hydrogens (tertiary/aromatic N) is 1. The Labute approximate surface area is 82.9 Å². The third-order valence-corrected chi connectivity index (χ3v) is 2.36. The van der Waals surface area contributed by atoms with Crippen LogP contribution in [-0.2, 0) is 0 Å². The zero-order valence-corrected chi connectivity index (χ0v) is 9.26. The first kappa shape index (κ1) is 12.9. The minimum Gasteiger partial charge on any atom is -0.381 e. The molecule has 0 atom stereocenters. The van der Waals surface area contributed by atoms with Crippen LogP contribution in [0.25, 0.3) is 0 Å². The first-order valence-corrected chi connectivity index (χ1v) is 5.68. The van der Waals surface area contributed by atoms with Gasteiger partial charge in [0.05, 0.1) is 6.73 Å². The maximum atomic E-state index is 9.05. The van der Waals surface area contributed by atoms with Crippen LogP contribution in [0.2, 0.25) is 0 Å². The van der Waals surface area contributed by atoms with Crippen LogP contribution < -0.4 is 0 Å². The third-order valence-electron chi connectivity index (χ3n) is 2.36. The molecule has 0 aliphatic rings. The van der Waals surface area contributed by atoms with Crippen LogP contribution in [0.15, 0.2) is 0 Å². The van der Waals surface area contributed by atoms with Gasteiger partial charge in [0, 0.05) is 13.1 Å². The molecule has 0 aromatic rings. The molecule has 1 N–H and O–H groups in total. The maximum Gasteiger partial charge on any atom is 0.0956 e. The molecule has 0 aliphatic carbocycles. The molecule has 0 aromatic heterocycles. The standard InChI is InChI=1S/C11H25NO/c1-3-5-7-9-12(11-13)10-8-6-4-2/h13H,3-11H2,1-2H3. The molecule has 0 bridgehead atoms. The van der Waals surface area contributed by atoms with Crippen molar-refractivity contribution in [2.24, 2.45) is 0 Å². The SMILES string of the molecule is CCCCCN(CO)CCCCC. The van der Waals surface area contributed by atoms with Crippen molar-refractivity contribution in [1.29, 1.82) is 0 Å². The Morgan fingerprint density at radius 1 is 0.846 bits per heavy atom. The fraction of sp³-hybridized carbons (Fsp3) is 1.00. The summed E-state index contributed by atoms with van der Waals surface area (Å²) in [6.07, 6.45) is 7.53. The van der Waals surface area contributed by atoms with Gasteiger partial charge in [-0.05, 0) is 12.8 Å². The fourth-order valence-electron chi connectivity index (χ4n) is 1.42. The number of aliphatic hydroxyl groups excluding tert-OH is 1. The highest BCUT2D eigenvalue weighted by Gasteiger charge is 2.01. The zero-order valence-electron chi connectivity index (χ0n) is 9.26. The lowest BCUT2D eigenvalue weighted by Crippen LogP contribution is -2.27. The zero-order chi connectivity index (χ0) is 9.94. The first-order valence-electron chi connectivity index (χ1n) is 5.68. The van der Waals surface area contributed by atoms with Gasteiger partial charge in [-0.15, -0.1) is 0 Å². The Hall–Kier alpha value is -0.0800. The first-order chi connectivity index (χ1) is 6.35. The summed E-state index contributed by atoms with van der Waals surface area (Å²) in [5.41, 5.74) is 0. The summed E-state index contributed by atoms with van der Waals surface area (Å²) in [6.45, 7) is 6.77. The van der Waals surface area contributed by atoms with Crippen LogP contribution in [0.3, 0.4) is 0 Å². The molecule has 13 heavy (non-hydrogen) atoms. The predicted octanol–water partition coefficient (Wildman–Crippen LogP) is 2.62. The second-order valence-corrected chi connectivity index (χ2v) is 3.67. The molecule has 0 aliphatic heterocycles. The smallest absolute Gasteiger partial charge is 0.0956 e. The summed E-state index contributed by atoms with van der Waals surface area (Å²) in [7, 11) is 0. The summed E-state index contributed by atoms with van der Waals surface area (Å²) in [6, 6.07) is 0. The van der Waals surface area contributed by atoms with Crippen molar-refractivity contribution in [2.45, 2.75) is 52.4 Å². The Bertz CT molecular complexity index is 86.1. The van der Waals surface area contributed by atoms with Crippen molar-refractivity contribution >= 4 is 0 Å².